The van der Waals surface area contributed by atoms with Crippen LogP contribution in [-0.2, 0) is 0 Å². The fraction of sp³-hybridized carbons (Fsp3) is 0.0588. The lowest BCUT2D eigenvalue weighted by atomic mass is 9.94. The Morgan fingerprint density at radius 1 is 0.824 bits per heavy atom. The van der Waals surface area contributed by atoms with Crippen LogP contribution in [0, 0.1) is 0 Å². The molecule has 0 aliphatic heterocycles. The smallest absolute Gasteiger partial charge is 0.00993 e. The van der Waals surface area contributed by atoms with E-state index >= 15 is 0 Å². The van der Waals surface area contributed by atoms with Crippen molar-refractivity contribution in [2.75, 3.05) is 0 Å². The van der Waals surface area contributed by atoms with Crippen LogP contribution in [0.1, 0.15) is 12.5 Å². The van der Waals surface area contributed by atoms with E-state index in [4.69, 9.17) is 0 Å². The Kier molecular flexibility index (Phi) is 2.22. The summed E-state index contributed by atoms with van der Waals surface area (Å²) in [5.74, 6) is 0. The highest BCUT2D eigenvalue weighted by Gasteiger charge is 2.05. The van der Waals surface area contributed by atoms with Crippen molar-refractivity contribution in [3.63, 3.8) is 0 Å². The molecule has 3 aromatic carbocycles. The molecule has 0 radical (unpaired) electrons. The van der Waals surface area contributed by atoms with Gasteiger partial charge in [0.25, 0.3) is 0 Å². The standard InChI is InChI=1S/C17H14/c1-12(2)17-11-13-7-3-4-8-14(13)15-9-5-6-10-16(15)17/h3-11H,1H2,2H3. The van der Waals surface area contributed by atoms with Crippen LogP contribution in [0.3, 0.4) is 0 Å². The molecule has 0 nitrogen and oxygen atoms in total. The van der Waals surface area contributed by atoms with Gasteiger partial charge in [-0.05, 0) is 40.1 Å². The first-order valence-electron chi connectivity index (χ1n) is 5.84. The molecular weight excluding hydrogens is 204 g/mol. The molecule has 0 atom stereocenters. The molecule has 3 rings (SSSR count). The van der Waals surface area contributed by atoms with E-state index in [0.29, 0.717) is 0 Å². The van der Waals surface area contributed by atoms with Gasteiger partial charge in [0.1, 0.15) is 0 Å². The lowest BCUT2D eigenvalue weighted by Gasteiger charge is -2.10. The molecule has 0 aromatic heterocycles. The summed E-state index contributed by atoms with van der Waals surface area (Å²) >= 11 is 0. The van der Waals surface area contributed by atoms with E-state index in [1.54, 1.807) is 0 Å². The Balaban J connectivity index is 2.59. The lowest BCUT2D eigenvalue weighted by Crippen LogP contribution is -1.84. The van der Waals surface area contributed by atoms with Crippen LogP contribution in [0.25, 0.3) is 27.1 Å². The summed E-state index contributed by atoms with van der Waals surface area (Å²) in [6.07, 6.45) is 0. The number of hydrogen-bond donors (Lipinski definition) is 0. The predicted molar refractivity (Wildman–Crippen MR) is 76.2 cm³/mol. The molecule has 0 spiro atoms. The van der Waals surface area contributed by atoms with Gasteiger partial charge in [0.2, 0.25) is 0 Å². The first-order chi connectivity index (χ1) is 8.27. The van der Waals surface area contributed by atoms with E-state index in [0.717, 1.165) is 5.57 Å². The molecule has 82 valence electrons. The summed E-state index contributed by atoms with van der Waals surface area (Å²) < 4.78 is 0. The molecule has 0 fully saturated rings. The zero-order chi connectivity index (χ0) is 11.8. The molecule has 0 unspecified atom stereocenters. The summed E-state index contributed by atoms with van der Waals surface area (Å²) in [6, 6.07) is 19.3. The van der Waals surface area contributed by atoms with E-state index in [2.05, 4.69) is 68.1 Å². The molecular formula is C17H14. The Bertz CT molecular complexity index is 720. The molecule has 0 amide bonds. The fourth-order valence-electron chi connectivity index (χ4n) is 2.41. The van der Waals surface area contributed by atoms with Crippen molar-refractivity contribution in [1.29, 1.82) is 0 Å². The van der Waals surface area contributed by atoms with Crippen LogP contribution in [0.15, 0.2) is 61.2 Å². The lowest BCUT2D eigenvalue weighted by molar-refractivity contribution is 1.66. The molecule has 17 heavy (non-hydrogen) atoms. The SMILES string of the molecule is C=C(C)c1cc2ccccc2c2ccccc12. The van der Waals surface area contributed by atoms with Crippen LogP contribution in [0.2, 0.25) is 0 Å². The van der Waals surface area contributed by atoms with Gasteiger partial charge >= 0.3 is 0 Å². The van der Waals surface area contributed by atoms with Gasteiger partial charge in [0, 0.05) is 0 Å². The number of hydrogen-bond acceptors (Lipinski definition) is 0. The van der Waals surface area contributed by atoms with Crippen molar-refractivity contribution < 1.29 is 0 Å². The Morgan fingerprint density at radius 2 is 1.41 bits per heavy atom. The maximum atomic E-state index is 4.08. The molecule has 0 saturated carbocycles. The third-order valence-electron chi connectivity index (χ3n) is 3.23. The molecule has 0 N–H and O–H groups in total. The average molecular weight is 218 g/mol. The van der Waals surface area contributed by atoms with E-state index in [1.165, 1.54) is 27.1 Å². The highest BCUT2D eigenvalue weighted by Crippen LogP contribution is 2.31. The van der Waals surface area contributed by atoms with Crippen LogP contribution in [0.5, 0.6) is 0 Å². The summed E-state index contributed by atoms with van der Waals surface area (Å²) in [6.45, 7) is 6.15. The van der Waals surface area contributed by atoms with Crippen molar-refractivity contribution in [3.05, 3.63) is 66.7 Å². The topological polar surface area (TPSA) is 0 Å². The first kappa shape index (κ1) is 10.1. The third kappa shape index (κ3) is 1.53. The van der Waals surface area contributed by atoms with Crippen LogP contribution in [-0.4, -0.2) is 0 Å². The second kappa shape index (κ2) is 3.74. The van der Waals surface area contributed by atoms with Crippen molar-refractivity contribution in [2.24, 2.45) is 0 Å². The highest BCUT2D eigenvalue weighted by atomic mass is 14.1. The Morgan fingerprint density at radius 3 is 2.12 bits per heavy atom. The van der Waals surface area contributed by atoms with Gasteiger partial charge in [-0.3, -0.25) is 0 Å². The van der Waals surface area contributed by atoms with E-state index in [9.17, 15) is 0 Å². The van der Waals surface area contributed by atoms with Gasteiger partial charge in [-0.15, -0.1) is 0 Å². The zero-order valence-electron chi connectivity index (χ0n) is 9.90. The first-order valence-corrected chi connectivity index (χ1v) is 5.84. The largest absolute Gasteiger partial charge is 0.0955 e. The van der Waals surface area contributed by atoms with Crippen molar-refractivity contribution in [1.82, 2.24) is 0 Å². The summed E-state index contributed by atoms with van der Waals surface area (Å²) in [5, 5.41) is 5.19. The van der Waals surface area contributed by atoms with E-state index in [1.807, 2.05) is 0 Å². The maximum Gasteiger partial charge on any atom is -0.00993 e. The molecule has 0 heteroatoms. The van der Waals surface area contributed by atoms with Gasteiger partial charge in [-0.1, -0.05) is 60.7 Å². The van der Waals surface area contributed by atoms with Gasteiger partial charge in [-0.2, -0.15) is 0 Å². The minimum Gasteiger partial charge on any atom is -0.0955 e. The van der Waals surface area contributed by atoms with E-state index < -0.39 is 0 Å². The minimum atomic E-state index is 1.12. The molecule has 3 aromatic rings. The number of benzene rings is 3. The monoisotopic (exact) mass is 218 g/mol. The summed E-state index contributed by atoms with van der Waals surface area (Å²) in [5.41, 5.74) is 2.37. The third-order valence-corrected chi connectivity index (χ3v) is 3.23. The highest BCUT2D eigenvalue weighted by molar-refractivity contribution is 6.11. The van der Waals surface area contributed by atoms with Gasteiger partial charge in [0.05, 0.1) is 0 Å². The molecule has 0 bridgehead atoms. The normalized spacial score (nSPS) is 10.9. The predicted octanol–water partition coefficient (Wildman–Crippen LogP) is 5.03. The summed E-state index contributed by atoms with van der Waals surface area (Å²) in [4.78, 5) is 0. The average Bonchev–Trinajstić information content (AvgIpc) is 2.37. The number of fused-ring (bicyclic) bond motifs is 3. The van der Waals surface area contributed by atoms with Crippen molar-refractivity contribution in [3.8, 4) is 0 Å². The Labute approximate surface area is 101 Å². The molecule has 0 aliphatic rings. The minimum absolute atomic E-state index is 1.12. The second-order valence-electron chi connectivity index (χ2n) is 4.47. The second-order valence-corrected chi connectivity index (χ2v) is 4.47. The van der Waals surface area contributed by atoms with Gasteiger partial charge in [-0.25, -0.2) is 0 Å². The van der Waals surface area contributed by atoms with Crippen LogP contribution in [0.4, 0.5) is 0 Å². The number of rotatable bonds is 1. The van der Waals surface area contributed by atoms with Gasteiger partial charge < -0.3 is 0 Å². The fourth-order valence-corrected chi connectivity index (χ4v) is 2.41. The van der Waals surface area contributed by atoms with Crippen LogP contribution >= 0.6 is 0 Å². The maximum absolute atomic E-state index is 4.08. The number of allylic oxidation sites excluding steroid dienone is 1. The van der Waals surface area contributed by atoms with Crippen molar-refractivity contribution >= 4 is 27.1 Å². The van der Waals surface area contributed by atoms with Crippen molar-refractivity contribution in [2.45, 2.75) is 6.92 Å². The quantitative estimate of drug-likeness (QED) is 0.503. The molecule has 0 heterocycles. The zero-order valence-corrected chi connectivity index (χ0v) is 9.90. The van der Waals surface area contributed by atoms with E-state index in [-0.39, 0.29) is 0 Å². The molecule has 0 aliphatic carbocycles. The summed E-state index contributed by atoms with van der Waals surface area (Å²) in [7, 11) is 0. The van der Waals surface area contributed by atoms with Gasteiger partial charge in [0.15, 0.2) is 0 Å². The molecule has 0 saturated heterocycles. The van der Waals surface area contributed by atoms with Crippen LogP contribution < -0.4 is 0 Å². The Hall–Kier alpha value is -2.08.